The molecule has 0 N–H and O–H groups in total. The van der Waals surface area contributed by atoms with E-state index in [2.05, 4.69) is 66.7 Å². The van der Waals surface area contributed by atoms with E-state index in [1.807, 2.05) is 102 Å². The van der Waals surface area contributed by atoms with E-state index in [0.717, 1.165) is 44.1 Å². The van der Waals surface area contributed by atoms with Crippen LogP contribution in [0.4, 0.5) is 0 Å². The fraction of sp³-hybridized carbons (Fsp3) is 0. The molecule has 6 heteroatoms. The lowest BCUT2D eigenvalue weighted by Gasteiger charge is -2.17. The lowest BCUT2D eigenvalue weighted by atomic mass is 10.0. The van der Waals surface area contributed by atoms with Crippen LogP contribution < -0.4 is 0 Å². The van der Waals surface area contributed by atoms with Gasteiger partial charge in [-0.1, -0.05) is 164 Å². The largest absolute Gasteiger partial charge is 0.308 e. The summed E-state index contributed by atoms with van der Waals surface area (Å²) in [5.74, 6) is 0.903. The summed E-state index contributed by atoms with van der Waals surface area (Å²) < 4.78 is 78.4. The van der Waals surface area contributed by atoms with Crippen molar-refractivity contribution in [3.63, 3.8) is 0 Å². The Labute approximate surface area is 377 Å². The summed E-state index contributed by atoms with van der Waals surface area (Å²) in [6.07, 6.45) is 0. The van der Waals surface area contributed by atoms with Crippen molar-refractivity contribution < 1.29 is 11.0 Å². The molecule has 0 aliphatic rings. The average molecular weight is 830 g/mol. The third kappa shape index (κ3) is 5.66. The van der Waals surface area contributed by atoms with Crippen molar-refractivity contribution >= 4 is 75.1 Å². The van der Waals surface area contributed by atoms with Gasteiger partial charge in [0.25, 0.3) is 0 Å². The van der Waals surface area contributed by atoms with Gasteiger partial charge in [0.2, 0.25) is 5.95 Å². The Hall–Kier alpha value is -8.19. The van der Waals surface area contributed by atoms with E-state index in [1.165, 1.54) is 24.7 Å². The highest BCUT2D eigenvalue weighted by Gasteiger charge is 2.22. The zero-order chi connectivity index (χ0) is 48.4. The normalized spacial score (nSPS) is 13.6. The first kappa shape index (κ1) is 28.4. The first-order chi connectivity index (χ1) is 34.6. The Morgan fingerprint density at radius 3 is 1.75 bits per heavy atom. The molecular weight excluding hydrogens is 787 g/mol. The van der Waals surface area contributed by atoms with Crippen LogP contribution in [0.1, 0.15) is 11.0 Å². The molecule has 5 nitrogen and oxygen atoms in total. The van der Waals surface area contributed by atoms with Crippen molar-refractivity contribution in [2.24, 2.45) is 0 Å². The molecule has 0 bridgehead atoms. The minimum Gasteiger partial charge on any atom is -0.308 e. The minimum atomic E-state index is -0.518. The Morgan fingerprint density at radius 2 is 0.984 bits per heavy atom. The fourth-order valence-electron chi connectivity index (χ4n) is 9.03. The van der Waals surface area contributed by atoms with Gasteiger partial charge in [0.05, 0.1) is 38.7 Å². The van der Waals surface area contributed by atoms with Gasteiger partial charge in [0, 0.05) is 52.8 Å². The second-order valence-electron chi connectivity index (χ2n) is 15.4. The molecule has 13 aromatic rings. The topological polar surface area (TPSA) is 48.5 Å². The number of aromatic nitrogens is 5. The summed E-state index contributed by atoms with van der Waals surface area (Å²) in [5, 5.41) is 4.34. The summed E-state index contributed by atoms with van der Waals surface area (Å²) in [5.41, 5.74) is 6.81. The average Bonchev–Trinajstić information content (AvgIpc) is 4.10. The molecule has 0 radical (unpaired) electrons. The molecule has 0 saturated heterocycles. The third-order valence-corrected chi connectivity index (χ3v) is 13.1. The molecule has 0 atom stereocenters. The van der Waals surface area contributed by atoms with Gasteiger partial charge in [-0.05, 0) is 70.7 Å². The highest BCUT2D eigenvalue weighted by molar-refractivity contribution is 7.26. The highest BCUT2D eigenvalue weighted by Crippen LogP contribution is 2.42. The molecule has 9 aromatic carbocycles. The second-order valence-corrected chi connectivity index (χ2v) is 16.4. The summed E-state index contributed by atoms with van der Waals surface area (Å²) in [4.78, 5) is 15.9. The SMILES string of the molecule is [2H]c1c([2H])c([2H])c2c(c1[2H])c1c([2H])c([2H])c([2H])c([2H])c1n2-c1cc(-c2ccccc2)ccc1-c1nc(-c2cccc(-c3cccc4c3sc3ccccc34)c2)nc(-n2c3ccccc3c3ccccc32)n1. The molecule has 0 aliphatic carbocycles. The van der Waals surface area contributed by atoms with Crippen LogP contribution in [0.15, 0.2) is 212 Å². The standard InChI is InChI=1S/C57H35N5S/c1-2-16-36(17-3-1)37-32-33-47(52(35-37)61-48-27-9-4-20-41(48)42-21-5-10-28-49(42)61)56-58-55(59-57(60-56)62-50-29-11-6-22-43(50)44-23-7-12-30-51(44)62)39-19-14-18-38(34-39)40-25-15-26-46-45-24-8-13-31-53(45)63-54(40)46/h1-35H/i4D,5D,9D,10D,20D,21D,27D,28D. The van der Waals surface area contributed by atoms with Gasteiger partial charge in [-0.25, -0.2) is 4.98 Å². The van der Waals surface area contributed by atoms with Crippen molar-refractivity contribution in [3.05, 3.63) is 212 Å². The third-order valence-electron chi connectivity index (χ3n) is 11.9. The molecule has 4 heterocycles. The summed E-state index contributed by atoms with van der Waals surface area (Å²) >= 11 is 1.75. The first-order valence-electron chi connectivity index (χ1n) is 24.5. The van der Waals surface area contributed by atoms with E-state index >= 15 is 0 Å². The van der Waals surface area contributed by atoms with Crippen molar-refractivity contribution in [1.82, 2.24) is 24.1 Å². The van der Waals surface area contributed by atoms with Crippen LogP contribution in [0.5, 0.6) is 0 Å². The van der Waals surface area contributed by atoms with Crippen molar-refractivity contribution in [2.75, 3.05) is 0 Å². The number of rotatable bonds is 6. The number of thiophene rings is 1. The minimum absolute atomic E-state index is 0.00974. The number of para-hydroxylation sites is 4. The van der Waals surface area contributed by atoms with E-state index in [4.69, 9.17) is 20.4 Å². The zero-order valence-electron chi connectivity index (χ0n) is 41.2. The molecule has 63 heavy (non-hydrogen) atoms. The molecule has 0 unspecified atom stereocenters. The molecular formula is C57H35N5S. The highest BCUT2D eigenvalue weighted by atomic mass is 32.1. The number of benzene rings is 9. The van der Waals surface area contributed by atoms with Gasteiger partial charge < -0.3 is 4.57 Å². The Bertz CT molecular complexity index is 4280. The molecule has 0 saturated carbocycles. The first-order valence-corrected chi connectivity index (χ1v) is 21.4. The molecule has 294 valence electrons. The van der Waals surface area contributed by atoms with Gasteiger partial charge >= 0.3 is 0 Å². The van der Waals surface area contributed by atoms with Crippen LogP contribution in [0, 0.1) is 0 Å². The maximum atomic E-state index is 9.42. The molecule has 13 rings (SSSR count). The van der Waals surface area contributed by atoms with E-state index in [-0.39, 0.29) is 27.6 Å². The van der Waals surface area contributed by atoms with Crippen LogP contribution in [0.3, 0.4) is 0 Å². The smallest absolute Gasteiger partial charge is 0.238 e. The van der Waals surface area contributed by atoms with E-state index in [0.29, 0.717) is 28.6 Å². The van der Waals surface area contributed by atoms with Crippen LogP contribution in [0.25, 0.3) is 120 Å². The van der Waals surface area contributed by atoms with Gasteiger partial charge in [0.15, 0.2) is 11.6 Å². The molecule has 0 aliphatic heterocycles. The van der Waals surface area contributed by atoms with Crippen LogP contribution in [-0.2, 0) is 0 Å². The van der Waals surface area contributed by atoms with E-state index in [9.17, 15) is 5.48 Å². The number of hydrogen-bond donors (Lipinski definition) is 0. The maximum Gasteiger partial charge on any atom is 0.238 e. The summed E-state index contributed by atoms with van der Waals surface area (Å²) in [6, 6.07) is 50.7. The number of hydrogen-bond acceptors (Lipinski definition) is 4. The van der Waals surface area contributed by atoms with Crippen LogP contribution in [-0.4, -0.2) is 24.1 Å². The zero-order valence-corrected chi connectivity index (χ0v) is 34.0. The Kier molecular flexibility index (Phi) is 6.39. The lowest BCUT2D eigenvalue weighted by Crippen LogP contribution is -2.08. The molecule has 0 fully saturated rings. The Balaban J connectivity index is 1.14. The summed E-state index contributed by atoms with van der Waals surface area (Å²) in [7, 11) is 0. The molecule has 0 spiro atoms. The van der Waals surface area contributed by atoms with Crippen molar-refractivity contribution in [3.8, 4) is 56.7 Å². The van der Waals surface area contributed by atoms with E-state index < -0.39 is 48.3 Å². The van der Waals surface area contributed by atoms with Crippen LogP contribution in [0.2, 0.25) is 0 Å². The van der Waals surface area contributed by atoms with Gasteiger partial charge in [0.1, 0.15) is 0 Å². The number of fused-ring (bicyclic) bond motifs is 9. The van der Waals surface area contributed by atoms with E-state index in [1.54, 1.807) is 11.3 Å². The fourth-order valence-corrected chi connectivity index (χ4v) is 10.3. The lowest BCUT2D eigenvalue weighted by molar-refractivity contribution is 0.952. The predicted molar refractivity (Wildman–Crippen MR) is 263 cm³/mol. The van der Waals surface area contributed by atoms with Crippen LogP contribution >= 0.6 is 11.3 Å². The maximum absolute atomic E-state index is 9.42. The summed E-state index contributed by atoms with van der Waals surface area (Å²) in [6.45, 7) is 0. The predicted octanol–water partition coefficient (Wildman–Crippen LogP) is 15.1. The van der Waals surface area contributed by atoms with Crippen molar-refractivity contribution in [1.29, 1.82) is 0 Å². The monoisotopic (exact) mass is 829 g/mol. The van der Waals surface area contributed by atoms with Gasteiger partial charge in [-0.15, -0.1) is 11.3 Å². The Morgan fingerprint density at radius 1 is 0.381 bits per heavy atom. The molecule has 4 aromatic heterocycles. The molecule has 0 amide bonds. The quantitative estimate of drug-likeness (QED) is 0.168. The van der Waals surface area contributed by atoms with Gasteiger partial charge in [-0.3, -0.25) is 4.57 Å². The van der Waals surface area contributed by atoms with Crippen molar-refractivity contribution in [2.45, 2.75) is 0 Å². The number of nitrogens with zero attached hydrogens (tertiary/aromatic N) is 5. The van der Waals surface area contributed by atoms with Gasteiger partial charge in [-0.2, -0.15) is 9.97 Å². The second kappa shape index (κ2) is 14.2.